The van der Waals surface area contributed by atoms with Crippen LogP contribution in [0.5, 0.6) is 0 Å². The van der Waals surface area contributed by atoms with Crippen LogP contribution in [-0.2, 0) is 9.53 Å². The molecule has 0 spiro atoms. The third-order valence-corrected chi connectivity index (χ3v) is 4.04. The van der Waals surface area contributed by atoms with E-state index in [1.54, 1.807) is 5.32 Å². The van der Waals surface area contributed by atoms with Crippen LogP contribution >= 0.6 is 23.2 Å². The molecule has 1 atom stereocenters. The summed E-state index contributed by atoms with van der Waals surface area (Å²) < 4.78 is 51.2. The van der Waals surface area contributed by atoms with Gasteiger partial charge in [-0.3, -0.25) is 4.79 Å². The first-order valence-corrected chi connectivity index (χ1v) is 8.19. The van der Waals surface area contributed by atoms with Crippen molar-refractivity contribution in [2.45, 2.75) is 18.8 Å². The van der Waals surface area contributed by atoms with Gasteiger partial charge in [-0.2, -0.15) is 13.2 Å². The highest BCUT2D eigenvalue weighted by Crippen LogP contribution is 2.35. The van der Waals surface area contributed by atoms with Crippen molar-refractivity contribution in [3.05, 3.63) is 52.4 Å². The third kappa shape index (κ3) is 4.48. The lowest BCUT2D eigenvalue weighted by molar-refractivity contribution is -0.204. The second-order valence-electron chi connectivity index (χ2n) is 5.15. The molecule has 0 saturated carbocycles. The van der Waals surface area contributed by atoms with E-state index in [2.05, 4.69) is 4.74 Å². The molecule has 2 aromatic rings. The Morgan fingerprint density at radius 3 is 2.41 bits per heavy atom. The zero-order valence-electron chi connectivity index (χ0n) is 13.7. The standard InChI is InChI=1S/C16H13Cl2F3N2O4/c1-2-26-14(25)15(16(19,20)21,23-13(24)12-4-3-7-27-12)22-9-5-6-10(17)11(18)8-9/h3-8,22H,2H2,1H3,(H,23,24)/t15-/m1/s1. The first-order valence-electron chi connectivity index (χ1n) is 7.44. The summed E-state index contributed by atoms with van der Waals surface area (Å²) in [5.74, 6) is -3.47. The molecule has 2 rings (SSSR count). The van der Waals surface area contributed by atoms with E-state index in [9.17, 15) is 22.8 Å². The van der Waals surface area contributed by atoms with Crippen molar-refractivity contribution in [3.8, 4) is 0 Å². The van der Waals surface area contributed by atoms with Crippen molar-refractivity contribution < 1.29 is 31.9 Å². The number of carbonyl (C=O) groups excluding carboxylic acids is 2. The van der Waals surface area contributed by atoms with Crippen LogP contribution in [0, 0.1) is 0 Å². The zero-order valence-corrected chi connectivity index (χ0v) is 15.2. The molecule has 27 heavy (non-hydrogen) atoms. The van der Waals surface area contributed by atoms with Gasteiger partial charge in [0.25, 0.3) is 5.91 Å². The van der Waals surface area contributed by atoms with E-state index in [0.717, 1.165) is 24.5 Å². The molecule has 1 amide bonds. The molecule has 0 bridgehead atoms. The first kappa shape index (κ1) is 20.9. The highest BCUT2D eigenvalue weighted by Gasteiger charge is 2.63. The Kier molecular flexibility index (Phi) is 6.27. The van der Waals surface area contributed by atoms with Crippen molar-refractivity contribution in [2.24, 2.45) is 0 Å². The number of amides is 1. The Morgan fingerprint density at radius 2 is 1.89 bits per heavy atom. The molecule has 1 aromatic carbocycles. The molecule has 0 radical (unpaired) electrons. The summed E-state index contributed by atoms with van der Waals surface area (Å²) in [5, 5.41) is 3.62. The number of hydrogen-bond donors (Lipinski definition) is 2. The molecule has 11 heteroatoms. The number of halogens is 5. The van der Waals surface area contributed by atoms with Gasteiger partial charge in [0, 0.05) is 5.69 Å². The summed E-state index contributed by atoms with van der Waals surface area (Å²) in [4.78, 5) is 24.5. The SMILES string of the molecule is CCOC(=O)[C@](NC(=O)c1ccco1)(Nc1ccc(Cl)c(Cl)c1)C(F)(F)F. The number of benzene rings is 1. The first-order chi connectivity index (χ1) is 12.6. The van der Waals surface area contributed by atoms with Gasteiger partial charge in [0.15, 0.2) is 5.76 Å². The van der Waals surface area contributed by atoms with E-state index >= 15 is 0 Å². The van der Waals surface area contributed by atoms with Gasteiger partial charge < -0.3 is 19.8 Å². The van der Waals surface area contributed by atoms with Crippen molar-refractivity contribution in [3.63, 3.8) is 0 Å². The maximum Gasteiger partial charge on any atom is 0.441 e. The summed E-state index contributed by atoms with van der Waals surface area (Å²) in [5.41, 5.74) is -3.82. The zero-order chi connectivity index (χ0) is 20.2. The van der Waals surface area contributed by atoms with E-state index in [4.69, 9.17) is 27.6 Å². The Bertz CT molecular complexity index is 828. The minimum absolute atomic E-state index is 0.0565. The largest absolute Gasteiger partial charge is 0.463 e. The molecule has 0 unspecified atom stereocenters. The fourth-order valence-corrected chi connectivity index (χ4v) is 2.36. The van der Waals surface area contributed by atoms with Crippen LogP contribution in [0.4, 0.5) is 18.9 Å². The minimum atomic E-state index is -5.28. The molecule has 0 fully saturated rings. The van der Waals surface area contributed by atoms with Crippen LogP contribution in [-0.4, -0.2) is 30.3 Å². The van der Waals surface area contributed by atoms with Crippen LogP contribution < -0.4 is 10.6 Å². The predicted molar refractivity (Wildman–Crippen MR) is 91.7 cm³/mol. The number of hydrogen-bond acceptors (Lipinski definition) is 5. The van der Waals surface area contributed by atoms with Crippen molar-refractivity contribution in [2.75, 3.05) is 11.9 Å². The topological polar surface area (TPSA) is 80.6 Å². The van der Waals surface area contributed by atoms with Gasteiger partial charge in [-0.05, 0) is 37.3 Å². The summed E-state index contributed by atoms with van der Waals surface area (Å²) in [6, 6.07) is 5.91. The number of carbonyl (C=O) groups is 2. The van der Waals surface area contributed by atoms with E-state index in [-0.39, 0.29) is 22.3 Å². The van der Waals surface area contributed by atoms with E-state index in [1.165, 1.54) is 19.1 Å². The Balaban J connectivity index is 2.51. The van der Waals surface area contributed by atoms with Gasteiger partial charge in [-0.15, -0.1) is 0 Å². The lowest BCUT2D eigenvalue weighted by Crippen LogP contribution is -2.69. The predicted octanol–water partition coefficient (Wildman–Crippen LogP) is 4.25. The van der Waals surface area contributed by atoms with Crippen LogP contribution in [0.25, 0.3) is 0 Å². The Morgan fingerprint density at radius 1 is 1.19 bits per heavy atom. The molecule has 0 aliphatic carbocycles. The summed E-state index contributed by atoms with van der Waals surface area (Å²) in [7, 11) is 0. The number of alkyl halides is 3. The number of nitrogens with one attached hydrogen (secondary N) is 2. The minimum Gasteiger partial charge on any atom is -0.463 e. The molecule has 0 aliphatic heterocycles. The molecule has 6 nitrogen and oxygen atoms in total. The molecule has 2 N–H and O–H groups in total. The van der Waals surface area contributed by atoms with Crippen molar-refractivity contribution in [1.29, 1.82) is 0 Å². The van der Waals surface area contributed by atoms with E-state index < -0.39 is 29.5 Å². The maximum atomic E-state index is 13.9. The quantitative estimate of drug-likeness (QED) is 0.535. The van der Waals surface area contributed by atoms with Gasteiger partial charge in [-0.1, -0.05) is 23.2 Å². The second-order valence-corrected chi connectivity index (χ2v) is 5.97. The average molecular weight is 425 g/mol. The molecular formula is C16H13Cl2F3N2O4. The molecular weight excluding hydrogens is 412 g/mol. The highest BCUT2D eigenvalue weighted by molar-refractivity contribution is 6.42. The highest BCUT2D eigenvalue weighted by atomic mass is 35.5. The maximum absolute atomic E-state index is 13.9. The molecule has 146 valence electrons. The number of rotatable bonds is 6. The Hall–Kier alpha value is -2.39. The normalized spacial score (nSPS) is 13.6. The van der Waals surface area contributed by atoms with Gasteiger partial charge >= 0.3 is 17.8 Å². The van der Waals surface area contributed by atoms with Crippen LogP contribution in [0.15, 0.2) is 41.0 Å². The summed E-state index contributed by atoms with van der Waals surface area (Å²) in [6.07, 6.45) is -4.19. The van der Waals surface area contributed by atoms with Crippen LogP contribution in [0.2, 0.25) is 10.0 Å². The molecule has 0 aliphatic rings. The van der Waals surface area contributed by atoms with Gasteiger partial charge in [0.1, 0.15) is 0 Å². The summed E-state index contributed by atoms with van der Waals surface area (Å²) in [6.45, 7) is 0.975. The van der Waals surface area contributed by atoms with Gasteiger partial charge in [0.05, 0.1) is 22.9 Å². The van der Waals surface area contributed by atoms with E-state index in [1.807, 2.05) is 5.32 Å². The fraction of sp³-hybridized carbons (Fsp3) is 0.250. The van der Waals surface area contributed by atoms with Gasteiger partial charge in [0.2, 0.25) is 0 Å². The lowest BCUT2D eigenvalue weighted by Gasteiger charge is -2.35. The van der Waals surface area contributed by atoms with E-state index in [0.29, 0.717) is 0 Å². The number of anilines is 1. The third-order valence-electron chi connectivity index (χ3n) is 3.30. The average Bonchev–Trinajstić information content (AvgIpc) is 3.11. The molecule has 0 saturated heterocycles. The summed E-state index contributed by atoms with van der Waals surface area (Å²) >= 11 is 11.6. The fourth-order valence-electron chi connectivity index (χ4n) is 2.06. The number of ether oxygens (including phenoxy) is 1. The number of furan rings is 1. The van der Waals surface area contributed by atoms with Crippen molar-refractivity contribution >= 4 is 40.8 Å². The second kappa shape index (κ2) is 8.10. The molecule has 1 heterocycles. The van der Waals surface area contributed by atoms with Crippen molar-refractivity contribution in [1.82, 2.24) is 5.32 Å². The van der Waals surface area contributed by atoms with Crippen LogP contribution in [0.3, 0.4) is 0 Å². The number of esters is 1. The lowest BCUT2D eigenvalue weighted by atomic mass is 10.1. The smallest absolute Gasteiger partial charge is 0.441 e. The van der Waals surface area contributed by atoms with Gasteiger partial charge in [-0.25, -0.2) is 4.79 Å². The Labute approximate surface area is 161 Å². The molecule has 1 aromatic heterocycles. The monoisotopic (exact) mass is 424 g/mol. The van der Waals surface area contributed by atoms with Crippen LogP contribution in [0.1, 0.15) is 17.5 Å².